The van der Waals surface area contributed by atoms with Crippen LogP contribution >= 0.6 is 11.8 Å². The molecule has 1 aliphatic rings. The fraction of sp³-hybridized carbons (Fsp3) is 0.667. The molecule has 0 bridgehead atoms. The lowest BCUT2D eigenvalue weighted by molar-refractivity contribution is -0.122. The Balaban J connectivity index is 1.79. The number of amides is 1. The van der Waals surface area contributed by atoms with Gasteiger partial charge < -0.3 is 10.2 Å². The normalized spacial score (nSPS) is 19.0. The fourth-order valence-corrected chi connectivity index (χ4v) is 5.34. The highest BCUT2D eigenvalue weighted by Gasteiger charge is 2.25. The molecule has 8 heteroatoms. The molecule has 1 aromatic rings. The van der Waals surface area contributed by atoms with Crippen molar-refractivity contribution >= 4 is 27.7 Å². The summed E-state index contributed by atoms with van der Waals surface area (Å²) < 4.78 is 27.7. The van der Waals surface area contributed by atoms with Gasteiger partial charge in [0.05, 0.1) is 4.90 Å². The number of hydrogen-bond donors (Lipinski definition) is 2. The summed E-state index contributed by atoms with van der Waals surface area (Å²) in [5.41, 5.74) is 0. The van der Waals surface area contributed by atoms with E-state index in [1.165, 1.54) is 38.1 Å². The summed E-state index contributed by atoms with van der Waals surface area (Å²) in [5, 5.41) is 2.92. The molecule has 2 unspecified atom stereocenters. The van der Waals surface area contributed by atoms with E-state index in [1.807, 2.05) is 6.26 Å². The van der Waals surface area contributed by atoms with Gasteiger partial charge in [-0.2, -0.15) is 16.5 Å². The first-order chi connectivity index (χ1) is 13.9. The molecule has 2 rings (SSSR count). The second-order valence-corrected chi connectivity index (χ2v) is 10.5. The largest absolute Gasteiger partial charge is 0.355 e. The van der Waals surface area contributed by atoms with Gasteiger partial charge in [0.2, 0.25) is 15.9 Å². The predicted octanol–water partition coefficient (Wildman–Crippen LogP) is 2.71. The van der Waals surface area contributed by atoms with Gasteiger partial charge >= 0.3 is 0 Å². The quantitative estimate of drug-likeness (QED) is 0.488. The van der Waals surface area contributed by atoms with E-state index in [1.54, 1.807) is 30.0 Å². The van der Waals surface area contributed by atoms with Crippen LogP contribution in [0.3, 0.4) is 0 Å². The van der Waals surface area contributed by atoms with E-state index in [0.717, 1.165) is 25.3 Å². The minimum atomic E-state index is -3.72. The van der Waals surface area contributed by atoms with Crippen molar-refractivity contribution in [1.29, 1.82) is 0 Å². The maximum absolute atomic E-state index is 12.6. The third-order valence-electron chi connectivity index (χ3n) is 5.22. The number of thioether (sulfide) groups is 1. The first-order valence-electron chi connectivity index (χ1n) is 10.5. The molecule has 0 spiro atoms. The first-order valence-corrected chi connectivity index (χ1v) is 13.4. The standard InChI is InChI=1S/C21H35N3O3S2/c1-18-9-8-15-24(17-18)14-7-6-13-22-21(25)20(12-16-28-2)23-29(26,27)19-10-4-3-5-11-19/h3-5,10-11,18,20,23H,6-9,12-17H2,1-2H3,(H,22,25). The summed E-state index contributed by atoms with van der Waals surface area (Å²) in [6.07, 6.45) is 6.95. The van der Waals surface area contributed by atoms with E-state index in [4.69, 9.17) is 0 Å². The number of nitrogens with one attached hydrogen (secondary N) is 2. The number of benzene rings is 1. The van der Waals surface area contributed by atoms with Crippen molar-refractivity contribution in [1.82, 2.24) is 14.9 Å². The Morgan fingerprint density at radius 1 is 1.28 bits per heavy atom. The molecule has 2 atom stereocenters. The van der Waals surface area contributed by atoms with Crippen molar-refractivity contribution < 1.29 is 13.2 Å². The SMILES string of the molecule is CSCCC(NS(=O)(=O)c1ccccc1)C(=O)NCCCCN1CCCC(C)C1. The molecule has 6 nitrogen and oxygen atoms in total. The second kappa shape index (κ2) is 12.6. The zero-order chi connectivity index (χ0) is 21.1. The molecular weight excluding hydrogens is 406 g/mol. The molecule has 0 radical (unpaired) electrons. The molecule has 1 heterocycles. The van der Waals surface area contributed by atoms with Crippen LogP contribution in [0.25, 0.3) is 0 Å². The zero-order valence-electron chi connectivity index (χ0n) is 17.6. The Morgan fingerprint density at radius 3 is 2.72 bits per heavy atom. The molecule has 1 saturated heterocycles. The summed E-state index contributed by atoms with van der Waals surface area (Å²) in [5.74, 6) is 1.24. The van der Waals surface area contributed by atoms with Crippen LogP contribution in [0.4, 0.5) is 0 Å². The smallest absolute Gasteiger partial charge is 0.241 e. The van der Waals surface area contributed by atoms with Crippen molar-refractivity contribution in [2.24, 2.45) is 5.92 Å². The molecule has 2 N–H and O–H groups in total. The Bertz CT molecular complexity index is 713. The van der Waals surface area contributed by atoms with Crippen LogP contribution < -0.4 is 10.0 Å². The Hall–Kier alpha value is -1.09. The van der Waals surface area contributed by atoms with Crippen LogP contribution in [0.1, 0.15) is 39.0 Å². The van der Waals surface area contributed by atoms with Gasteiger partial charge in [-0.1, -0.05) is 25.1 Å². The second-order valence-electron chi connectivity index (χ2n) is 7.81. The minimum Gasteiger partial charge on any atom is -0.355 e. The van der Waals surface area contributed by atoms with E-state index in [0.29, 0.717) is 18.7 Å². The maximum atomic E-state index is 12.6. The third-order valence-corrected chi connectivity index (χ3v) is 7.35. The molecule has 164 valence electrons. The number of rotatable bonds is 12. The number of sulfonamides is 1. The average molecular weight is 442 g/mol. The van der Waals surface area contributed by atoms with Gasteiger partial charge in [-0.05, 0) is 75.3 Å². The Kier molecular flexibility index (Phi) is 10.5. The maximum Gasteiger partial charge on any atom is 0.241 e. The number of carbonyl (C=O) groups is 1. The average Bonchev–Trinajstić information content (AvgIpc) is 2.71. The Labute approximate surface area is 180 Å². The van der Waals surface area contributed by atoms with Gasteiger partial charge in [0.25, 0.3) is 0 Å². The van der Waals surface area contributed by atoms with E-state index >= 15 is 0 Å². The van der Waals surface area contributed by atoms with Crippen LogP contribution in [-0.4, -0.2) is 63.5 Å². The number of piperidine rings is 1. The number of unbranched alkanes of at least 4 members (excludes halogenated alkanes) is 1. The van der Waals surface area contributed by atoms with E-state index in [2.05, 4.69) is 21.9 Å². The number of nitrogens with zero attached hydrogens (tertiary/aromatic N) is 1. The molecule has 1 aromatic carbocycles. The molecule has 0 aliphatic carbocycles. The first kappa shape index (κ1) is 24.2. The van der Waals surface area contributed by atoms with Crippen molar-refractivity contribution in [3.05, 3.63) is 30.3 Å². The lowest BCUT2D eigenvalue weighted by Gasteiger charge is -2.30. The lowest BCUT2D eigenvalue weighted by Crippen LogP contribution is -2.47. The van der Waals surface area contributed by atoms with Crippen LogP contribution in [0.5, 0.6) is 0 Å². The lowest BCUT2D eigenvalue weighted by atomic mass is 10.0. The summed E-state index contributed by atoms with van der Waals surface area (Å²) in [6, 6.07) is 7.43. The molecule has 0 aromatic heterocycles. The molecular formula is C21H35N3O3S2. The van der Waals surface area contributed by atoms with Crippen molar-refractivity contribution in [3.63, 3.8) is 0 Å². The van der Waals surface area contributed by atoms with Gasteiger partial charge in [-0.15, -0.1) is 0 Å². The highest BCUT2D eigenvalue weighted by molar-refractivity contribution is 7.98. The number of carbonyl (C=O) groups excluding carboxylic acids is 1. The zero-order valence-corrected chi connectivity index (χ0v) is 19.2. The number of likely N-dealkylation sites (tertiary alicyclic amines) is 1. The van der Waals surface area contributed by atoms with Crippen molar-refractivity contribution in [2.45, 2.75) is 50.0 Å². The van der Waals surface area contributed by atoms with Gasteiger partial charge in [-0.25, -0.2) is 8.42 Å². The fourth-order valence-electron chi connectivity index (χ4n) is 3.62. The Morgan fingerprint density at radius 2 is 2.03 bits per heavy atom. The highest BCUT2D eigenvalue weighted by atomic mass is 32.2. The van der Waals surface area contributed by atoms with Crippen LogP contribution in [0.15, 0.2) is 35.2 Å². The van der Waals surface area contributed by atoms with Crippen LogP contribution in [-0.2, 0) is 14.8 Å². The van der Waals surface area contributed by atoms with Crippen molar-refractivity contribution in [2.75, 3.05) is 38.2 Å². The monoisotopic (exact) mass is 441 g/mol. The molecule has 1 fully saturated rings. The van der Waals surface area contributed by atoms with Crippen LogP contribution in [0.2, 0.25) is 0 Å². The summed E-state index contributed by atoms with van der Waals surface area (Å²) in [4.78, 5) is 15.3. The highest BCUT2D eigenvalue weighted by Crippen LogP contribution is 2.15. The minimum absolute atomic E-state index is 0.178. The van der Waals surface area contributed by atoms with E-state index < -0.39 is 16.1 Å². The summed E-state index contributed by atoms with van der Waals surface area (Å²) in [6.45, 7) is 6.29. The molecule has 29 heavy (non-hydrogen) atoms. The van der Waals surface area contributed by atoms with Gasteiger partial charge in [0.15, 0.2) is 0 Å². The molecule has 1 amide bonds. The number of hydrogen-bond acceptors (Lipinski definition) is 5. The van der Waals surface area contributed by atoms with Crippen LogP contribution in [0, 0.1) is 5.92 Å². The predicted molar refractivity (Wildman–Crippen MR) is 121 cm³/mol. The van der Waals surface area contributed by atoms with Gasteiger partial charge in [0.1, 0.15) is 6.04 Å². The molecule has 1 aliphatic heterocycles. The molecule has 0 saturated carbocycles. The van der Waals surface area contributed by atoms with Gasteiger partial charge in [0, 0.05) is 13.1 Å². The topological polar surface area (TPSA) is 78.5 Å². The third kappa shape index (κ3) is 8.66. The van der Waals surface area contributed by atoms with E-state index in [-0.39, 0.29) is 10.8 Å². The summed E-state index contributed by atoms with van der Waals surface area (Å²) in [7, 11) is -3.72. The van der Waals surface area contributed by atoms with Crippen molar-refractivity contribution in [3.8, 4) is 0 Å². The van der Waals surface area contributed by atoms with Gasteiger partial charge in [-0.3, -0.25) is 4.79 Å². The summed E-state index contributed by atoms with van der Waals surface area (Å²) >= 11 is 1.60. The van der Waals surface area contributed by atoms with E-state index in [9.17, 15) is 13.2 Å².